The molecule has 2 rings (SSSR count). The van der Waals surface area contributed by atoms with Crippen molar-refractivity contribution in [3.05, 3.63) is 35.4 Å². The molecule has 0 unspecified atom stereocenters. The molecule has 17 heavy (non-hydrogen) atoms. The van der Waals surface area contributed by atoms with Gasteiger partial charge in [-0.3, -0.25) is 4.79 Å². The van der Waals surface area contributed by atoms with Gasteiger partial charge in [0.15, 0.2) is 5.78 Å². The van der Waals surface area contributed by atoms with Crippen molar-refractivity contribution in [1.82, 2.24) is 5.32 Å². The normalized spacial score (nSPS) is 15.9. The molecule has 0 spiro atoms. The van der Waals surface area contributed by atoms with Crippen LogP contribution >= 0.6 is 0 Å². The van der Waals surface area contributed by atoms with Crippen LogP contribution in [0.2, 0.25) is 0 Å². The van der Waals surface area contributed by atoms with Crippen LogP contribution < -0.4 is 5.32 Å². The molecular weight excluding hydrogens is 210 g/mol. The van der Waals surface area contributed by atoms with Crippen LogP contribution in [0, 0.1) is 0 Å². The van der Waals surface area contributed by atoms with E-state index in [1.807, 2.05) is 18.2 Å². The average molecular weight is 231 g/mol. The number of hydrogen-bond donors (Lipinski definition) is 1. The predicted molar refractivity (Wildman–Crippen MR) is 70.5 cm³/mol. The molecule has 0 amide bonds. The summed E-state index contributed by atoms with van der Waals surface area (Å²) in [5.41, 5.74) is 2.18. The minimum atomic E-state index is 0.223. The molecule has 92 valence electrons. The van der Waals surface area contributed by atoms with Crippen molar-refractivity contribution in [3.63, 3.8) is 0 Å². The van der Waals surface area contributed by atoms with Gasteiger partial charge >= 0.3 is 0 Å². The van der Waals surface area contributed by atoms with E-state index in [1.165, 1.54) is 24.8 Å². The maximum atomic E-state index is 12.2. The van der Waals surface area contributed by atoms with Crippen LogP contribution in [-0.4, -0.2) is 18.4 Å². The fourth-order valence-electron chi connectivity index (χ4n) is 2.22. The summed E-state index contributed by atoms with van der Waals surface area (Å²) in [6, 6.07) is 8.45. The molecule has 0 atom stereocenters. The summed E-state index contributed by atoms with van der Waals surface area (Å²) in [5.74, 6) is 0.843. The first-order valence-electron chi connectivity index (χ1n) is 6.54. The minimum Gasteiger partial charge on any atom is -0.307 e. The second kappa shape index (κ2) is 5.46. The van der Waals surface area contributed by atoms with E-state index in [4.69, 9.17) is 0 Å². The molecule has 2 nitrogen and oxygen atoms in total. The molecule has 0 saturated heterocycles. The molecule has 0 radical (unpaired) electrons. The van der Waals surface area contributed by atoms with Gasteiger partial charge < -0.3 is 5.32 Å². The zero-order valence-electron chi connectivity index (χ0n) is 10.7. The highest BCUT2D eigenvalue weighted by Crippen LogP contribution is 2.37. The zero-order chi connectivity index (χ0) is 12.3. The van der Waals surface area contributed by atoms with Gasteiger partial charge in [0.1, 0.15) is 0 Å². The van der Waals surface area contributed by atoms with Crippen molar-refractivity contribution in [3.8, 4) is 0 Å². The molecule has 0 bridgehead atoms. The lowest BCUT2D eigenvalue weighted by Gasteiger charge is -2.27. The van der Waals surface area contributed by atoms with Gasteiger partial charge in [0, 0.05) is 11.6 Å². The number of carbonyl (C=O) groups is 1. The van der Waals surface area contributed by atoms with Crippen LogP contribution in [0.1, 0.15) is 54.9 Å². The summed E-state index contributed by atoms with van der Waals surface area (Å²) in [7, 11) is 0. The lowest BCUT2D eigenvalue weighted by atomic mass is 9.77. The van der Waals surface area contributed by atoms with Crippen LogP contribution in [0.25, 0.3) is 0 Å². The van der Waals surface area contributed by atoms with Gasteiger partial charge in [-0.25, -0.2) is 0 Å². The van der Waals surface area contributed by atoms with E-state index in [-0.39, 0.29) is 5.78 Å². The van der Waals surface area contributed by atoms with Gasteiger partial charge in [-0.2, -0.15) is 0 Å². The number of Topliss-reactive ketones (excluding diaryl/α,β-unsaturated/α-hetero) is 1. The molecule has 0 aliphatic heterocycles. The number of rotatable bonds is 5. The molecule has 1 fully saturated rings. The fourth-order valence-corrected chi connectivity index (χ4v) is 2.22. The van der Waals surface area contributed by atoms with Gasteiger partial charge in [0.05, 0.1) is 6.54 Å². The summed E-state index contributed by atoms with van der Waals surface area (Å²) in [6.07, 6.45) is 3.78. The first kappa shape index (κ1) is 12.3. The molecule has 1 aromatic carbocycles. The molecular formula is C15H21NO. The predicted octanol–water partition coefficient (Wildman–Crippen LogP) is 3.13. The summed E-state index contributed by atoms with van der Waals surface area (Å²) >= 11 is 0. The van der Waals surface area contributed by atoms with E-state index < -0.39 is 0 Å². The van der Waals surface area contributed by atoms with Crippen LogP contribution in [-0.2, 0) is 0 Å². The lowest BCUT2D eigenvalue weighted by Crippen LogP contribution is -2.30. The quantitative estimate of drug-likeness (QED) is 0.789. The van der Waals surface area contributed by atoms with Gasteiger partial charge in [-0.1, -0.05) is 44.5 Å². The largest absolute Gasteiger partial charge is 0.307 e. The van der Waals surface area contributed by atoms with Crippen molar-refractivity contribution in [1.29, 1.82) is 0 Å². The van der Waals surface area contributed by atoms with E-state index in [1.54, 1.807) is 0 Å². The van der Waals surface area contributed by atoms with Crippen LogP contribution in [0.3, 0.4) is 0 Å². The highest BCUT2D eigenvalue weighted by atomic mass is 16.1. The second-order valence-corrected chi connectivity index (χ2v) is 5.17. The van der Waals surface area contributed by atoms with Crippen molar-refractivity contribution >= 4 is 5.78 Å². The monoisotopic (exact) mass is 231 g/mol. The number of hydrogen-bond acceptors (Lipinski definition) is 2. The number of nitrogens with one attached hydrogen (secondary N) is 1. The SMILES string of the molecule is CC(C)NCC(=O)c1ccccc1C1CCC1. The van der Waals surface area contributed by atoms with Gasteiger partial charge in [0.2, 0.25) is 0 Å². The average Bonchev–Trinajstić information content (AvgIpc) is 2.24. The molecule has 0 heterocycles. The van der Waals surface area contributed by atoms with E-state index in [9.17, 15) is 4.79 Å². The Labute approximate surface area is 103 Å². The Hall–Kier alpha value is -1.15. The van der Waals surface area contributed by atoms with Crippen LogP contribution in [0.5, 0.6) is 0 Å². The molecule has 1 aliphatic rings. The van der Waals surface area contributed by atoms with Crippen LogP contribution in [0.4, 0.5) is 0 Å². The Morgan fingerprint density at radius 2 is 2.06 bits per heavy atom. The third kappa shape index (κ3) is 2.95. The van der Waals surface area contributed by atoms with Gasteiger partial charge in [0.25, 0.3) is 0 Å². The highest BCUT2D eigenvalue weighted by molar-refractivity contribution is 5.99. The maximum absolute atomic E-state index is 12.2. The topological polar surface area (TPSA) is 29.1 Å². The zero-order valence-corrected chi connectivity index (χ0v) is 10.7. The number of carbonyl (C=O) groups excluding carboxylic acids is 1. The fraction of sp³-hybridized carbons (Fsp3) is 0.533. The summed E-state index contributed by atoms with van der Waals surface area (Å²) in [5, 5.41) is 3.20. The molecule has 1 aliphatic carbocycles. The third-order valence-electron chi connectivity index (χ3n) is 3.48. The molecule has 1 N–H and O–H groups in total. The summed E-state index contributed by atoms with van der Waals surface area (Å²) < 4.78 is 0. The van der Waals surface area contributed by atoms with Crippen LogP contribution in [0.15, 0.2) is 24.3 Å². The smallest absolute Gasteiger partial charge is 0.176 e. The molecule has 0 aromatic heterocycles. The molecule has 2 heteroatoms. The third-order valence-corrected chi connectivity index (χ3v) is 3.48. The van der Waals surface area contributed by atoms with Crippen molar-refractivity contribution in [2.45, 2.75) is 45.1 Å². The van der Waals surface area contributed by atoms with E-state index in [2.05, 4.69) is 25.2 Å². The standard InChI is InChI=1S/C15H21NO/c1-11(2)16-10-15(17)14-9-4-3-8-13(14)12-6-5-7-12/h3-4,8-9,11-12,16H,5-7,10H2,1-2H3. The Kier molecular flexibility index (Phi) is 3.95. The number of benzene rings is 1. The lowest BCUT2D eigenvalue weighted by molar-refractivity contribution is 0.0986. The van der Waals surface area contributed by atoms with E-state index >= 15 is 0 Å². The first-order valence-corrected chi connectivity index (χ1v) is 6.54. The Morgan fingerprint density at radius 3 is 2.65 bits per heavy atom. The maximum Gasteiger partial charge on any atom is 0.176 e. The van der Waals surface area contributed by atoms with E-state index in [0.29, 0.717) is 18.5 Å². The Balaban J connectivity index is 2.10. The molecule has 1 aromatic rings. The second-order valence-electron chi connectivity index (χ2n) is 5.17. The Morgan fingerprint density at radius 1 is 1.35 bits per heavy atom. The Bertz CT molecular complexity index is 394. The highest BCUT2D eigenvalue weighted by Gasteiger charge is 2.23. The van der Waals surface area contributed by atoms with E-state index in [0.717, 1.165) is 5.56 Å². The molecule has 1 saturated carbocycles. The van der Waals surface area contributed by atoms with Gasteiger partial charge in [-0.05, 0) is 24.3 Å². The minimum absolute atomic E-state index is 0.223. The van der Waals surface area contributed by atoms with Crippen molar-refractivity contribution < 1.29 is 4.79 Å². The summed E-state index contributed by atoms with van der Waals surface area (Å²) in [4.78, 5) is 12.2. The van der Waals surface area contributed by atoms with Crippen molar-refractivity contribution in [2.75, 3.05) is 6.54 Å². The number of ketones is 1. The summed E-state index contributed by atoms with van der Waals surface area (Å²) in [6.45, 7) is 4.57. The van der Waals surface area contributed by atoms with Crippen molar-refractivity contribution in [2.24, 2.45) is 0 Å². The first-order chi connectivity index (χ1) is 8.18. The van der Waals surface area contributed by atoms with Gasteiger partial charge in [-0.15, -0.1) is 0 Å².